The van der Waals surface area contributed by atoms with E-state index in [9.17, 15) is 13.2 Å². The lowest BCUT2D eigenvalue weighted by atomic mass is 9.99. The van der Waals surface area contributed by atoms with Crippen molar-refractivity contribution in [1.82, 2.24) is 0 Å². The predicted octanol–water partition coefficient (Wildman–Crippen LogP) is 0.674. The molecular weight excluding hydrogens is 192 g/mol. The minimum Gasteiger partial charge on any atom is -0.481 e. The van der Waals surface area contributed by atoms with Gasteiger partial charge in [-0.2, -0.15) is 0 Å². The summed E-state index contributed by atoms with van der Waals surface area (Å²) in [5.41, 5.74) is 0. The zero-order valence-corrected chi connectivity index (χ0v) is 8.38. The minimum atomic E-state index is -2.86. The Bertz CT molecular complexity index is 293. The fourth-order valence-electron chi connectivity index (χ4n) is 1.62. The molecule has 2 atom stereocenters. The molecule has 0 aromatic carbocycles. The quantitative estimate of drug-likeness (QED) is 0.734. The van der Waals surface area contributed by atoms with Crippen molar-refractivity contribution in [2.24, 2.45) is 5.92 Å². The summed E-state index contributed by atoms with van der Waals surface area (Å²) in [5, 5.41) is 8.13. The molecule has 5 heteroatoms. The van der Waals surface area contributed by atoms with Crippen molar-refractivity contribution in [2.75, 3.05) is 5.75 Å². The fraction of sp³-hybridized carbons (Fsp3) is 0.875. The largest absolute Gasteiger partial charge is 0.481 e. The van der Waals surface area contributed by atoms with E-state index in [4.69, 9.17) is 5.11 Å². The van der Waals surface area contributed by atoms with Crippen LogP contribution in [0, 0.1) is 5.92 Å². The van der Waals surface area contributed by atoms with E-state index in [1.165, 1.54) is 0 Å². The first-order valence-corrected chi connectivity index (χ1v) is 6.08. The molecule has 1 N–H and O–H groups in total. The number of rotatable bonds is 4. The second-order valence-corrected chi connectivity index (χ2v) is 5.94. The Morgan fingerprint density at radius 3 is 2.54 bits per heavy atom. The lowest BCUT2D eigenvalue weighted by molar-refractivity contribution is -0.137. The van der Waals surface area contributed by atoms with Crippen LogP contribution in [0.4, 0.5) is 0 Å². The Kier molecular flexibility index (Phi) is 2.95. The number of hydrogen-bond donors (Lipinski definition) is 1. The number of carbonyl (C=O) groups is 1. The molecule has 4 nitrogen and oxygen atoms in total. The van der Waals surface area contributed by atoms with Gasteiger partial charge in [0.15, 0.2) is 9.84 Å². The summed E-state index contributed by atoms with van der Waals surface area (Å²) in [7, 11) is -2.86. The molecule has 0 saturated carbocycles. The van der Waals surface area contributed by atoms with E-state index in [1.54, 1.807) is 0 Å². The molecule has 0 aromatic heterocycles. The van der Waals surface area contributed by atoms with E-state index in [0.29, 0.717) is 12.8 Å². The van der Waals surface area contributed by atoms with E-state index in [1.807, 2.05) is 6.92 Å². The average molecular weight is 206 g/mol. The molecule has 13 heavy (non-hydrogen) atoms. The standard InChI is InChI=1S/C8H14O4S/c1-6(2-3-8(9)10)7-4-5-13(7,11)12/h6-7H,2-5H2,1H3,(H,9,10). The summed E-state index contributed by atoms with van der Waals surface area (Å²) in [4.78, 5) is 10.2. The highest BCUT2D eigenvalue weighted by molar-refractivity contribution is 7.93. The second kappa shape index (κ2) is 3.65. The van der Waals surface area contributed by atoms with Crippen molar-refractivity contribution < 1.29 is 18.3 Å². The van der Waals surface area contributed by atoms with Crippen molar-refractivity contribution in [2.45, 2.75) is 31.4 Å². The SMILES string of the molecule is CC(CCC(=O)O)C1CCS1(=O)=O. The topological polar surface area (TPSA) is 71.4 Å². The van der Waals surface area contributed by atoms with E-state index in [2.05, 4.69) is 0 Å². The van der Waals surface area contributed by atoms with Gasteiger partial charge in [0.2, 0.25) is 0 Å². The van der Waals surface area contributed by atoms with Gasteiger partial charge in [-0.25, -0.2) is 8.42 Å². The molecule has 2 unspecified atom stereocenters. The van der Waals surface area contributed by atoms with E-state index < -0.39 is 15.8 Å². The van der Waals surface area contributed by atoms with Crippen LogP contribution in [0.15, 0.2) is 0 Å². The van der Waals surface area contributed by atoms with Crippen LogP contribution < -0.4 is 0 Å². The monoisotopic (exact) mass is 206 g/mol. The van der Waals surface area contributed by atoms with Gasteiger partial charge in [-0.3, -0.25) is 4.79 Å². The smallest absolute Gasteiger partial charge is 0.303 e. The molecule has 0 spiro atoms. The van der Waals surface area contributed by atoms with Crippen molar-refractivity contribution in [3.05, 3.63) is 0 Å². The third-order valence-electron chi connectivity index (χ3n) is 2.60. The third-order valence-corrected chi connectivity index (χ3v) is 5.02. The zero-order chi connectivity index (χ0) is 10.1. The van der Waals surface area contributed by atoms with Gasteiger partial charge in [-0.1, -0.05) is 6.92 Å². The van der Waals surface area contributed by atoms with Gasteiger partial charge in [0.1, 0.15) is 0 Å². The highest BCUT2D eigenvalue weighted by Crippen LogP contribution is 2.30. The molecule has 0 aliphatic carbocycles. The van der Waals surface area contributed by atoms with Gasteiger partial charge in [0, 0.05) is 6.42 Å². The normalized spacial score (nSPS) is 27.6. The molecule has 76 valence electrons. The first-order chi connectivity index (χ1) is 5.93. The number of carboxylic acids is 1. The zero-order valence-electron chi connectivity index (χ0n) is 7.56. The molecule has 0 aromatic rings. The molecule has 0 radical (unpaired) electrons. The first kappa shape index (κ1) is 10.5. The molecule has 0 bridgehead atoms. The molecule has 1 aliphatic rings. The molecule has 0 amide bonds. The van der Waals surface area contributed by atoms with Gasteiger partial charge < -0.3 is 5.11 Å². The van der Waals surface area contributed by atoms with Crippen LogP contribution in [-0.2, 0) is 14.6 Å². The van der Waals surface area contributed by atoms with Gasteiger partial charge in [0.05, 0.1) is 11.0 Å². The van der Waals surface area contributed by atoms with E-state index >= 15 is 0 Å². The van der Waals surface area contributed by atoms with Crippen LogP contribution in [0.25, 0.3) is 0 Å². The van der Waals surface area contributed by atoms with Crippen molar-refractivity contribution in [1.29, 1.82) is 0 Å². The fourth-order valence-corrected chi connectivity index (χ4v) is 3.36. The highest BCUT2D eigenvalue weighted by atomic mass is 32.2. The Morgan fingerprint density at radius 1 is 1.62 bits per heavy atom. The number of aliphatic carboxylic acids is 1. The summed E-state index contributed by atoms with van der Waals surface area (Å²) in [6, 6.07) is 0. The van der Waals surface area contributed by atoms with Crippen LogP contribution in [-0.4, -0.2) is 30.5 Å². The Labute approximate surface area is 77.9 Å². The molecule has 1 saturated heterocycles. The summed E-state index contributed by atoms with van der Waals surface area (Å²) in [5.74, 6) is -0.604. The van der Waals surface area contributed by atoms with Crippen molar-refractivity contribution in [3.63, 3.8) is 0 Å². The highest BCUT2D eigenvalue weighted by Gasteiger charge is 2.39. The summed E-state index contributed by atoms with van der Waals surface area (Å²) >= 11 is 0. The van der Waals surface area contributed by atoms with Gasteiger partial charge in [0.25, 0.3) is 0 Å². The van der Waals surface area contributed by atoms with E-state index in [-0.39, 0.29) is 23.3 Å². The predicted molar refractivity (Wildman–Crippen MR) is 48.2 cm³/mol. The maximum Gasteiger partial charge on any atom is 0.303 e. The lowest BCUT2D eigenvalue weighted by Gasteiger charge is -2.31. The summed E-state index contributed by atoms with van der Waals surface area (Å²) in [6.45, 7) is 1.81. The molecule has 1 heterocycles. The number of hydrogen-bond acceptors (Lipinski definition) is 3. The third kappa shape index (κ3) is 2.43. The maximum absolute atomic E-state index is 11.2. The maximum atomic E-state index is 11.2. The van der Waals surface area contributed by atoms with E-state index in [0.717, 1.165) is 0 Å². The van der Waals surface area contributed by atoms with Gasteiger partial charge in [-0.15, -0.1) is 0 Å². The van der Waals surface area contributed by atoms with Crippen LogP contribution in [0.1, 0.15) is 26.2 Å². The Hall–Kier alpha value is -0.580. The first-order valence-electron chi connectivity index (χ1n) is 4.37. The number of sulfone groups is 1. The molecular formula is C8H14O4S. The van der Waals surface area contributed by atoms with Crippen LogP contribution in [0.3, 0.4) is 0 Å². The Balaban J connectivity index is 2.41. The molecule has 1 aliphatic heterocycles. The summed E-state index contributed by atoms with van der Waals surface area (Å²) < 4.78 is 22.3. The van der Waals surface area contributed by atoms with Crippen LogP contribution in [0.2, 0.25) is 0 Å². The second-order valence-electron chi connectivity index (χ2n) is 3.60. The average Bonchev–Trinajstić information content (AvgIpc) is 1.99. The molecule has 1 fully saturated rings. The van der Waals surface area contributed by atoms with Crippen LogP contribution in [0.5, 0.6) is 0 Å². The van der Waals surface area contributed by atoms with Crippen molar-refractivity contribution in [3.8, 4) is 0 Å². The van der Waals surface area contributed by atoms with Gasteiger partial charge >= 0.3 is 5.97 Å². The molecule has 1 rings (SSSR count). The summed E-state index contributed by atoms with van der Waals surface area (Å²) in [6.07, 6.45) is 1.22. The van der Waals surface area contributed by atoms with Crippen molar-refractivity contribution >= 4 is 15.8 Å². The lowest BCUT2D eigenvalue weighted by Crippen LogP contribution is -2.41. The minimum absolute atomic E-state index is 0.0187. The Morgan fingerprint density at radius 2 is 2.23 bits per heavy atom. The van der Waals surface area contributed by atoms with Gasteiger partial charge in [-0.05, 0) is 18.8 Å². The number of carboxylic acid groups (broad SMARTS) is 1. The van der Waals surface area contributed by atoms with Crippen LogP contribution >= 0.6 is 0 Å².